The van der Waals surface area contributed by atoms with E-state index in [2.05, 4.69) is 10.3 Å². The van der Waals surface area contributed by atoms with Crippen LogP contribution in [-0.2, 0) is 5.75 Å². The Balaban J connectivity index is 1.38. The first-order chi connectivity index (χ1) is 12.8. The molecule has 5 heteroatoms. The second kappa shape index (κ2) is 7.45. The third-order valence-electron chi connectivity index (χ3n) is 3.88. The van der Waals surface area contributed by atoms with Gasteiger partial charge >= 0.3 is 0 Å². The fourth-order valence-corrected chi connectivity index (χ4v) is 3.33. The molecule has 0 bridgehead atoms. The van der Waals surface area contributed by atoms with Crippen LogP contribution in [0.1, 0.15) is 15.9 Å². The lowest BCUT2D eigenvalue weighted by Gasteiger charge is -2.06. The normalized spacial score (nSPS) is 10.8. The summed E-state index contributed by atoms with van der Waals surface area (Å²) < 4.78 is 5.71. The summed E-state index contributed by atoms with van der Waals surface area (Å²) in [7, 11) is 0. The molecule has 1 aromatic heterocycles. The lowest BCUT2D eigenvalue weighted by atomic mass is 10.1. The summed E-state index contributed by atoms with van der Waals surface area (Å²) in [6.07, 6.45) is 0. The van der Waals surface area contributed by atoms with Gasteiger partial charge in [0.2, 0.25) is 0 Å². The Morgan fingerprint density at radius 2 is 1.65 bits per heavy atom. The smallest absolute Gasteiger partial charge is 0.257 e. The SMILES string of the molecule is O=C(Nc1ccccc1)c1ccc(CSc2nc3ccccc3o2)cc1. The Kier molecular flexibility index (Phi) is 4.71. The number of carbonyl (C=O) groups excluding carboxylic acids is 1. The molecular weight excluding hydrogens is 344 g/mol. The Bertz CT molecular complexity index is 994. The quantitative estimate of drug-likeness (QED) is 0.486. The number of hydrogen-bond acceptors (Lipinski definition) is 4. The molecule has 4 nitrogen and oxygen atoms in total. The number of fused-ring (bicyclic) bond motifs is 1. The summed E-state index contributed by atoms with van der Waals surface area (Å²) in [5.41, 5.74) is 4.18. The molecule has 3 aromatic carbocycles. The van der Waals surface area contributed by atoms with Gasteiger partial charge in [-0.1, -0.05) is 54.2 Å². The molecule has 26 heavy (non-hydrogen) atoms. The zero-order chi connectivity index (χ0) is 17.8. The molecule has 0 unspecified atom stereocenters. The number of carbonyl (C=O) groups is 1. The molecule has 1 heterocycles. The van der Waals surface area contributed by atoms with Gasteiger partial charge in [0.05, 0.1) is 0 Å². The van der Waals surface area contributed by atoms with E-state index in [1.54, 1.807) is 0 Å². The Morgan fingerprint density at radius 3 is 2.42 bits per heavy atom. The molecule has 0 spiro atoms. The maximum absolute atomic E-state index is 12.3. The van der Waals surface area contributed by atoms with Crippen molar-refractivity contribution in [3.63, 3.8) is 0 Å². The molecule has 0 aliphatic rings. The summed E-state index contributed by atoms with van der Waals surface area (Å²) >= 11 is 1.54. The van der Waals surface area contributed by atoms with E-state index in [0.29, 0.717) is 10.8 Å². The number of oxazole rings is 1. The van der Waals surface area contributed by atoms with Crippen LogP contribution in [0.3, 0.4) is 0 Å². The molecule has 1 N–H and O–H groups in total. The van der Waals surface area contributed by atoms with Gasteiger partial charge in [-0.25, -0.2) is 4.98 Å². The molecule has 1 amide bonds. The predicted molar refractivity (Wildman–Crippen MR) is 104 cm³/mol. The van der Waals surface area contributed by atoms with Crippen molar-refractivity contribution in [2.45, 2.75) is 11.0 Å². The lowest BCUT2D eigenvalue weighted by Crippen LogP contribution is -2.11. The lowest BCUT2D eigenvalue weighted by molar-refractivity contribution is 0.102. The highest BCUT2D eigenvalue weighted by molar-refractivity contribution is 7.98. The predicted octanol–water partition coefficient (Wildman–Crippen LogP) is 5.37. The second-order valence-corrected chi connectivity index (χ2v) is 6.68. The average molecular weight is 360 g/mol. The number of aromatic nitrogens is 1. The van der Waals surface area contributed by atoms with Gasteiger partial charge in [0, 0.05) is 17.0 Å². The van der Waals surface area contributed by atoms with E-state index in [0.717, 1.165) is 28.1 Å². The first-order valence-electron chi connectivity index (χ1n) is 8.22. The molecule has 0 aliphatic heterocycles. The maximum atomic E-state index is 12.3. The van der Waals surface area contributed by atoms with Crippen molar-refractivity contribution < 1.29 is 9.21 Å². The molecule has 0 saturated carbocycles. The average Bonchev–Trinajstić information content (AvgIpc) is 3.10. The number of amides is 1. The van der Waals surface area contributed by atoms with Crippen molar-refractivity contribution in [1.29, 1.82) is 0 Å². The first kappa shape index (κ1) is 16.4. The number of rotatable bonds is 5. The Labute approximate surface area is 155 Å². The number of hydrogen-bond donors (Lipinski definition) is 1. The molecule has 0 atom stereocenters. The molecule has 0 saturated heterocycles. The van der Waals surface area contributed by atoms with E-state index < -0.39 is 0 Å². The van der Waals surface area contributed by atoms with Crippen LogP contribution in [-0.4, -0.2) is 10.9 Å². The Morgan fingerprint density at radius 1 is 0.923 bits per heavy atom. The minimum absolute atomic E-state index is 0.116. The highest BCUT2D eigenvalue weighted by atomic mass is 32.2. The number of thioether (sulfide) groups is 1. The van der Waals surface area contributed by atoms with Crippen molar-refractivity contribution in [3.8, 4) is 0 Å². The van der Waals surface area contributed by atoms with Crippen LogP contribution in [0.5, 0.6) is 0 Å². The summed E-state index contributed by atoms with van der Waals surface area (Å²) in [5, 5.41) is 3.53. The Hall–Kier alpha value is -3.05. The van der Waals surface area contributed by atoms with E-state index in [1.165, 1.54) is 11.8 Å². The van der Waals surface area contributed by atoms with Crippen LogP contribution >= 0.6 is 11.8 Å². The van der Waals surface area contributed by atoms with Gasteiger partial charge in [-0.15, -0.1) is 0 Å². The maximum Gasteiger partial charge on any atom is 0.257 e. The zero-order valence-corrected chi connectivity index (χ0v) is 14.7. The van der Waals surface area contributed by atoms with Gasteiger partial charge in [0.15, 0.2) is 5.58 Å². The van der Waals surface area contributed by atoms with Gasteiger partial charge in [-0.05, 0) is 42.0 Å². The van der Waals surface area contributed by atoms with Crippen molar-refractivity contribution in [2.24, 2.45) is 0 Å². The molecule has 0 radical (unpaired) electrons. The van der Waals surface area contributed by atoms with E-state index in [4.69, 9.17) is 4.42 Å². The van der Waals surface area contributed by atoms with Crippen LogP contribution < -0.4 is 5.32 Å². The topological polar surface area (TPSA) is 55.1 Å². The van der Waals surface area contributed by atoms with Crippen molar-refractivity contribution in [2.75, 3.05) is 5.32 Å². The van der Waals surface area contributed by atoms with E-state index >= 15 is 0 Å². The zero-order valence-electron chi connectivity index (χ0n) is 13.9. The molecular formula is C21H16N2O2S. The molecule has 128 valence electrons. The van der Waals surface area contributed by atoms with Crippen molar-refractivity contribution in [1.82, 2.24) is 4.98 Å². The minimum atomic E-state index is -0.116. The van der Waals surface area contributed by atoms with Gasteiger partial charge < -0.3 is 9.73 Å². The van der Waals surface area contributed by atoms with E-state index in [-0.39, 0.29) is 5.91 Å². The second-order valence-electron chi connectivity index (χ2n) is 5.75. The largest absolute Gasteiger partial charge is 0.431 e. The summed E-state index contributed by atoms with van der Waals surface area (Å²) in [6.45, 7) is 0. The van der Waals surface area contributed by atoms with Crippen LogP contribution in [0.2, 0.25) is 0 Å². The highest BCUT2D eigenvalue weighted by Crippen LogP contribution is 2.26. The number of nitrogens with zero attached hydrogens (tertiary/aromatic N) is 1. The summed E-state index contributed by atoms with van der Waals surface area (Å²) in [4.78, 5) is 16.7. The minimum Gasteiger partial charge on any atom is -0.431 e. The van der Waals surface area contributed by atoms with E-state index in [1.807, 2.05) is 78.9 Å². The van der Waals surface area contributed by atoms with Crippen LogP contribution in [0, 0.1) is 0 Å². The van der Waals surface area contributed by atoms with Gasteiger partial charge in [-0.2, -0.15) is 0 Å². The summed E-state index contributed by atoms with van der Waals surface area (Å²) in [5.74, 6) is 0.613. The standard InChI is InChI=1S/C21H16N2O2S/c24-20(22-17-6-2-1-3-7-17)16-12-10-15(11-13-16)14-26-21-23-18-8-4-5-9-19(18)25-21/h1-13H,14H2,(H,22,24). The van der Waals surface area contributed by atoms with E-state index in [9.17, 15) is 4.79 Å². The first-order valence-corrected chi connectivity index (χ1v) is 9.20. The van der Waals surface area contributed by atoms with Crippen molar-refractivity contribution in [3.05, 3.63) is 90.0 Å². The number of benzene rings is 3. The highest BCUT2D eigenvalue weighted by Gasteiger charge is 2.08. The fraction of sp³-hybridized carbons (Fsp3) is 0.0476. The fourth-order valence-electron chi connectivity index (χ4n) is 2.53. The third kappa shape index (κ3) is 3.78. The number of anilines is 1. The molecule has 0 aliphatic carbocycles. The molecule has 0 fully saturated rings. The van der Waals surface area contributed by atoms with Crippen molar-refractivity contribution >= 4 is 34.5 Å². The van der Waals surface area contributed by atoms with Crippen LogP contribution in [0.25, 0.3) is 11.1 Å². The number of nitrogens with one attached hydrogen (secondary N) is 1. The third-order valence-corrected chi connectivity index (χ3v) is 4.78. The van der Waals surface area contributed by atoms with Gasteiger partial charge in [-0.3, -0.25) is 4.79 Å². The summed E-state index contributed by atoms with van der Waals surface area (Å²) in [6, 6.07) is 24.7. The number of para-hydroxylation sites is 3. The van der Waals surface area contributed by atoms with Gasteiger partial charge in [0.1, 0.15) is 5.52 Å². The van der Waals surface area contributed by atoms with Crippen LogP contribution in [0.4, 0.5) is 5.69 Å². The molecule has 4 rings (SSSR count). The monoisotopic (exact) mass is 360 g/mol. The molecule has 4 aromatic rings. The van der Waals surface area contributed by atoms with Crippen LogP contribution in [0.15, 0.2) is 88.5 Å². The van der Waals surface area contributed by atoms with Gasteiger partial charge in [0.25, 0.3) is 11.1 Å².